The Bertz CT molecular complexity index is 685. The lowest BCUT2D eigenvalue weighted by Gasteiger charge is -2.59. The van der Waals surface area contributed by atoms with E-state index in [9.17, 15) is 9.59 Å². The van der Waals surface area contributed by atoms with Crippen molar-refractivity contribution in [2.75, 3.05) is 6.61 Å². The van der Waals surface area contributed by atoms with Crippen LogP contribution in [-0.2, 0) is 9.53 Å². The molecule has 1 aromatic rings. The lowest BCUT2D eigenvalue weighted by molar-refractivity contribution is -0.128. The minimum atomic E-state index is -0.531. The molecule has 0 aliphatic heterocycles. The van der Waals surface area contributed by atoms with Gasteiger partial charge >= 0.3 is 5.97 Å². The van der Waals surface area contributed by atoms with Crippen LogP contribution in [0.25, 0.3) is 0 Å². The average Bonchev–Trinajstić information content (AvgIpc) is 2.58. The molecule has 4 aliphatic rings. The number of hydrogen-bond donors (Lipinski definition) is 1. The fourth-order valence-electron chi connectivity index (χ4n) is 5.88. The molecule has 4 saturated carbocycles. The van der Waals surface area contributed by atoms with Gasteiger partial charge in [-0.3, -0.25) is 9.78 Å². The number of rotatable bonds is 5. The van der Waals surface area contributed by atoms with Crippen molar-refractivity contribution in [3.8, 4) is 0 Å². The molecule has 1 amide bonds. The number of pyridine rings is 1. The average molecular weight is 421 g/mol. The number of aromatic nitrogens is 1. The van der Waals surface area contributed by atoms with Gasteiger partial charge in [-0.25, -0.2) is 4.79 Å². The molecule has 0 unspecified atom stereocenters. The highest BCUT2D eigenvalue weighted by Crippen LogP contribution is 2.61. The van der Waals surface area contributed by atoms with E-state index in [1.807, 2.05) is 0 Å². The smallest absolute Gasteiger partial charge is 0.340 e. The normalized spacial score (nSPS) is 32.9. The van der Waals surface area contributed by atoms with E-state index in [0.717, 1.165) is 17.8 Å². The fourth-order valence-corrected chi connectivity index (χ4v) is 6.25. The van der Waals surface area contributed by atoms with Gasteiger partial charge in [-0.1, -0.05) is 0 Å². The monoisotopic (exact) mass is 420 g/mol. The van der Waals surface area contributed by atoms with Crippen LogP contribution < -0.4 is 5.32 Å². The molecule has 5 rings (SSSR count). The van der Waals surface area contributed by atoms with Crippen LogP contribution in [0.1, 0.15) is 55.8 Å². The predicted octanol–water partition coefficient (Wildman–Crippen LogP) is 3.72. The summed E-state index contributed by atoms with van der Waals surface area (Å²) in [6.45, 7) is 1.88. The first-order valence-electron chi connectivity index (χ1n) is 9.50. The number of carbonyl (C=O) groups excluding carboxylic acids is 2. The second kappa shape index (κ2) is 6.95. The summed E-state index contributed by atoms with van der Waals surface area (Å²) in [5, 5.41) is 3.11. The van der Waals surface area contributed by atoms with Gasteiger partial charge in [0.2, 0.25) is 0 Å². The van der Waals surface area contributed by atoms with Crippen LogP contribution in [0.4, 0.5) is 0 Å². The Labute approximate surface area is 162 Å². The summed E-state index contributed by atoms with van der Waals surface area (Å²) in [7, 11) is 0. The Morgan fingerprint density at radius 3 is 2.42 bits per heavy atom. The van der Waals surface area contributed by atoms with Gasteiger partial charge in [0.1, 0.15) is 0 Å². The molecule has 6 heteroatoms. The predicted molar refractivity (Wildman–Crippen MR) is 100 cm³/mol. The van der Waals surface area contributed by atoms with Crippen molar-refractivity contribution in [3.05, 3.63) is 28.5 Å². The van der Waals surface area contributed by atoms with E-state index < -0.39 is 5.97 Å². The van der Waals surface area contributed by atoms with E-state index in [4.69, 9.17) is 4.74 Å². The van der Waals surface area contributed by atoms with Crippen molar-refractivity contribution in [1.82, 2.24) is 10.3 Å². The molecule has 26 heavy (non-hydrogen) atoms. The van der Waals surface area contributed by atoms with Crippen LogP contribution in [0.15, 0.2) is 22.9 Å². The third-order valence-electron chi connectivity index (χ3n) is 6.66. The van der Waals surface area contributed by atoms with Crippen LogP contribution in [0.5, 0.6) is 0 Å². The van der Waals surface area contributed by atoms with Gasteiger partial charge in [-0.2, -0.15) is 0 Å². The molecule has 0 saturated heterocycles. The van der Waals surface area contributed by atoms with Crippen LogP contribution >= 0.6 is 15.9 Å². The van der Waals surface area contributed by atoms with Crippen molar-refractivity contribution < 1.29 is 14.3 Å². The van der Waals surface area contributed by atoms with Crippen LogP contribution in [0, 0.1) is 23.2 Å². The molecular weight excluding hydrogens is 396 g/mol. The molecule has 1 heterocycles. The van der Waals surface area contributed by atoms with Crippen molar-refractivity contribution in [3.63, 3.8) is 0 Å². The van der Waals surface area contributed by atoms with Crippen LogP contribution in [0.2, 0.25) is 0 Å². The van der Waals surface area contributed by atoms with Gasteiger partial charge in [-0.15, -0.1) is 0 Å². The number of ether oxygens (including phenoxy) is 1. The SMILES string of the molecule is C[C@@H](NC(=O)COC(=O)c1cncc(Br)c1)C12CC3CC(CC(C3)C1)C2. The minimum absolute atomic E-state index is 0.134. The van der Waals surface area contributed by atoms with E-state index in [0.29, 0.717) is 10.0 Å². The Balaban J connectivity index is 1.31. The molecule has 5 nitrogen and oxygen atoms in total. The molecule has 0 aromatic carbocycles. The maximum atomic E-state index is 12.3. The van der Waals surface area contributed by atoms with Crippen molar-refractivity contribution in [2.45, 2.75) is 51.5 Å². The number of nitrogens with one attached hydrogen (secondary N) is 1. The highest BCUT2D eigenvalue weighted by atomic mass is 79.9. The second-order valence-corrected chi connectivity index (χ2v) is 9.45. The standard InChI is InChI=1S/C20H25BrN2O3/c1-12(20-6-13-2-14(7-20)4-15(3-13)8-20)23-18(24)11-26-19(25)16-5-17(21)10-22-9-16/h5,9-10,12-15H,2-4,6-8,11H2,1H3,(H,23,24)/t12-,13?,14?,15?,20?/m1/s1. The molecule has 140 valence electrons. The summed E-state index contributed by atoms with van der Waals surface area (Å²) >= 11 is 3.27. The van der Waals surface area contributed by atoms with Gasteiger partial charge < -0.3 is 10.1 Å². The molecule has 4 fully saturated rings. The molecular formula is C20H25BrN2O3. The fraction of sp³-hybridized carbons (Fsp3) is 0.650. The first kappa shape index (κ1) is 18.0. The first-order valence-corrected chi connectivity index (χ1v) is 10.3. The summed E-state index contributed by atoms with van der Waals surface area (Å²) < 4.78 is 5.85. The molecule has 1 atom stereocenters. The highest BCUT2D eigenvalue weighted by Gasteiger charge is 2.53. The first-order chi connectivity index (χ1) is 12.4. The van der Waals surface area contributed by atoms with Gasteiger partial charge in [0, 0.05) is 22.9 Å². The number of nitrogens with zero attached hydrogens (tertiary/aromatic N) is 1. The zero-order valence-corrected chi connectivity index (χ0v) is 16.6. The number of carbonyl (C=O) groups is 2. The van der Waals surface area contributed by atoms with E-state index in [-0.39, 0.29) is 24.0 Å². The van der Waals surface area contributed by atoms with E-state index in [1.165, 1.54) is 44.7 Å². The molecule has 0 spiro atoms. The van der Waals surface area contributed by atoms with Crippen molar-refractivity contribution in [1.29, 1.82) is 0 Å². The highest BCUT2D eigenvalue weighted by molar-refractivity contribution is 9.10. The van der Waals surface area contributed by atoms with Gasteiger partial charge in [0.05, 0.1) is 5.56 Å². The summed E-state index contributed by atoms with van der Waals surface area (Å²) in [5.41, 5.74) is 0.587. The van der Waals surface area contributed by atoms with E-state index in [2.05, 4.69) is 33.2 Å². The van der Waals surface area contributed by atoms with Crippen molar-refractivity contribution >= 4 is 27.8 Å². The van der Waals surface area contributed by atoms with Gasteiger partial charge in [0.25, 0.3) is 5.91 Å². The quantitative estimate of drug-likeness (QED) is 0.736. The summed E-state index contributed by atoms with van der Waals surface area (Å²) in [5.74, 6) is 1.80. The van der Waals surface area contributed by atoms with Gasteiger partial charge in [0.15, 0.2) is 6.61 Å². The third-order valence-corrected chi connectivity index (χ3v) is 7.09. The Kier molecular flexibility index (Phi) is 4.80. The second-order valence-electron chi connectivity index (χ2n) is 8.54. The van der Waals surface area contributed by atoms with Crippen LogP contribution in [-0.4, -0.2) is 29.5 Å². The zero-order valence-electron chi connectivity index (χ0n) is 15.0. The Hall–Kier alpha value is -1.43. The summed E-state index contributed by atoms with van der Waals surface area (Å²) in [6.07, 6.45) is 10.9. The Morgan fingerprint density at radius 1 is 1.23 bits per heavy atom. The summed E-state index contributed by atoms with van der Waals surface area (Å²) in [6, 6.07) is 1.76. The number of esters is 1. The molecule has 0 radical (unpaired) electrons. The number of amides is 1. The van der Waals surface area contributed by atoms with Gasteiger partial charge in [-0.05, 0) is 90.6 Å². The maximum absolute atomic E-state index is 12.3. The number of halogens is 1. The topological polar surface area (TPSA) is 68.3 Å². The maximum Gasteiger partial charge on any atom is 0.340 e. The molecule has 1 N–H and O–H groups in total. The molecule has 1 aromatic heterocycles. The van der Waals surface area contributed by atoms with Crippen LogP contribution in [0.3, 0.4) is 0 Å². The number of hydrogen-bond acceptors (Lipinski definition) is 4. The van der Waals surface area contributed by atoms with E-state index in [1.54, 1.807) is 12.3 Å². The lowest BCUT2D eigenvalue weighted by atomic mass is 9.48. The third kappa shape index (κ3) is 3.53. The largest absolute Gasteiger partial charge is 0.452 e. The lowest BCUT2D eigenvalue weighted by Crippen LogP contribution is -2.56. The minimum Gasteiger partial charge on any atom is -0.452 e. The molecule has 4 aliphatic carbocycles. The van der Waals surface area contributed by atoms with Crippen molar-refractivity contribution in [2.24, 2.45) is 23.2 Å². The Morgan fingerprint density at radius 2 is 1.85 bits per heavy atom. The summed E-state index contributed by atoms with van der Waals surface area (Å²) in [4.78, 5) is 28.3. The zero-order chi connectivity index (χ0) is 18.3. The van der Waals surface area contributed by atoms with E-state index >= 15 is 0 Å². The molecule has 4 bridgehead atoms.